The first-order valence-electron chi connectivity index (χ1n) is 5.73. The lowest BCUT2D eigenvalue weighted by Gasteiger charge is -2.10. The van der Waals surface area contributed by atoms with Crippen LogP contribution < -0.4 is 5.32 Å². The molecule has 0 atom stereocenters. The molecule has 0 unspecified atom stereocenters. The van der Waals surface area contributed by atoms with E-state index < -0.39 is 0 Å². The number of fused-ring (bicyclic) bond motifs is 1. The van der Waals surface area contributed by atoms with Crippen molar-refractivity contribution in [2.45, 2.75) is 25.4 Å². The van der Waals surface area contributed by atoms with E-state index >= 15 is 0 Å². The van der Waals surface area contributed by atoms with Gasteiger partial charge in [-0.3, -0.25) is 0 Å². The minimum atomic E-state index is 0.622. The van der Waals surface area contributed by atoms with E-state index in [1.165, 1.54) is 29.5 Å². The van der Waals surface area contributed by atoms with Crippen molar-refractivity contribution in [1.29, 1.82) is 0 Å². The van der Waals surface area contributed by atoms with Crippen molar-refractivity contribution >= 4 is 11.3 Å². The smallest absolute Gasteiger partial charge is 0.0216 e. The van der Waals surface area contributed by atoms with E-state index in [2.05, 4.69) is 46.4 Å². The molecule has 1 heterocycles. The Bertz CT molecular complexity index is 436. The highest BCUT2D eigenvalue weighted by Gasteiger charge is 2.19. The number of benzene rings is 1. The van der Waals surface area contributed by atoms with Crippen molar-refractivity contribution in [2.24, 2.45) is 0 Å². The summed E-state index contributed by atoms with van der Waals surface area (Å²) >= 11 is 1.77. The first-order valence-corrected chi connectivity index (χ1v) is 6.67. The van der Waals surface area contributed by atoms with Gasteiger partial charge in [0.05, 0.1) is 0 Å². The zero-order valence-corrected chi connectivity index (χ0v) is 9.96. The minimum absolute atomic E-state index is 0.622. The quantitative estimate of drug-likeness (QED) is 0.853. The molecule has 2 heteroatoms. The molecule has 0 radical (unpaired) electrons. The maximum Gasteiger partial charge on any atom is 0.0216 e. The molecule has 1 nitrogen and oxygen atoms in total. The van der Waals surface area contributed by atoms with Crippen LogP contribution in [0.1, 0.15) is 16.7 Å². The molecule has 3 rings (SSSR count). The standard InChI is InChI=1S/C14H15NS/c1-2-4-13-8-14(7-12(13)3-1)15-9-11-5-6-16-10-11/h1-6,10,14-15H,7-9H2. The van der Waals surface area contributed by atoms with Gasteiger partial charge < -0.3 is 5.32 Å². The van der Waals surface area contributed by atoms with Gasteiger partial charge in [-0.05, 0) is 46.4 Å². The Labute approximate surface area is 100 Å². The van der Waals surface area contributed by atoms with E-state index in [1.54, 1.807) is 11.3 Å². The second-order valence-corrected chi connectivity index (χ2v) is 5.17. The monoisotopic (exact) mass is 229 g/mol. The summed E-state index contributed by atoms with van der Waals surface area (Å²) in [5.41, 5.74) is 4.44. The average Bonchev–Trinajstić information content (AvgIpc) is 2.95. The van der Waals surface area contributed by atoms with Crippen LogP contribution in [-0.4, -0.2) is 6.04 Å². The van der Waals surface area contributed by atoms with Crippen LogP contribution in [0, 0.1) is 0 Å². The van der Waals surface area contributed by atoms with Crippen LogP contribution in [-0.2, 0) is 19.4 Å². The summed E-state index contributed by atoms with van der Waals surface area (Å²) in [6.45, 7) is 1.00. The Hall–Kier alpha value is -1.12. The SMILES string of the molecule is c1ccc2c(c1)CC(NCc1ccsc1)C2. The van der Waals surface area contributed by atoms with Crippen molar-refractivity contribution in [3.05, 3.63) is 57.8 Å². The summed E-state index contributed by atoms with van der Waals surface area (Å²) in [6.07, 6.45) is 2.36. The third kappa shape index (κ3) is 2.04. The zero-order valence-electron chi connectivity index (χ0n) is 9.15. The fourth-order valence-electron chi connectivity index (χ4n) is 2.36. The van der Waals surface area contributed by atoms with Crippen LogP contribution in [0.5, 0.6) is 0 Å². The van der Waals surface area contributed by atoms with Gasteiger partial charge in [-0.1, -0.05) is 24.3 Å². The Morgan fingerprint density at radius 3 is 2.50 bits per heavy atom. The Balaban J connectivity index is 1.60. The van der Waals surface area contributed by atoms with E-state index in [0.717, 1.165) is 6.54 Å². The summed E-state index contributed by atoms with van der Waals surface area (Å²) < 4.78 is 0. The number of thiophene rings is 1. The first-order chi connectivity index (χ1) is 7.92. The maximum atomic E-state index is 3.64. The van der Waals surface area contributed by atoms with Gasteiger partial charge in [0.25, 0.3) is 0 Å². The van der Waals surface area contributed by atoms with Crippen molar-refractivity contribution in [3.63, 3.8) is 0 Å². The lowest BCUT2D eigenvalue weighted by atomic mass is 10.1. The molecule has 0 saturated heterocycles. The number of nitrogens with one attached hydrogen (secondary N) is 1. The van der Waals surface area contributed by atoms with Crippen molar-refractivity contribution in [1.82, 2.24) is 5.32 Å². The molecular formula is C14H15NS. The summed E-state index contributed by atoms with van der Waals surface area (Å²) in [6, 6.07) is 11.6. The van der Waals surface area contributed by atoms with Crippen LogP contribution >= 0.6 is 11.3 Å². The molecule has 16 heavy (non-hydrogen) atoms. The molecule has 0 amide bonds. The molecule has 1 N–H and O–H groups in total. The summed E-state index contributed by atoms with van der Waals surface area (Å²) in [5, 5.41) is 7.99. The molecule has 0 aliphatic heterocycles. The van der Waals surface area contributed by atoms with E-state index in [1.807, 2.05) is 0 Å². The lowest BCUT2D eigenvalue weighted by Crippen LogP contribution is -2.28. The van der Waals surface area contributed by atoms with E-state index in [4.69, 9.17) is 0 Å². The van der Waals surface area contributed by atoms with E-state index in [9.17, 15) is 0 Å². The maximum absolute atomic E-state index is 3.64. The van der Waals surface area contributed by atoms with Crippen LogP contribution in [0.3, 0.4) is 0 Å². The van der Waals surface area contributed by atoms with Crippen LogP contribution in [0.25, 0.3) is 0 Å². The largest absolute Gasteiger partial charge is 0.309 e. The van der Waals surface area contributed by atoms with E-state index in [0.29, 0.717) is 6.04 Å². The van der Waals surface area contributed by atoms with Gasteiger partial charge in [-0.15, -0.1) is 0 Å². The summed E-state index contributed by atoms with van der Waals surface area (Å²) in [7, 11) is 0. The van der Waals surface area contributed by atoms with Gasteiger partial charge in [0.1, 0.15) is 0 Å². The molecule has 0 saturated carbocycles. The summed E-state index contributed by atoms with van der Waals surface area (Å²) in [4.78, 5) is 0. The van der Waals surface area contributed by atoms with Gasteiger partial charge in [0.2, 0.25) is 0 Å². The molecule has 1 aromatic heterocycles. The fourth-order valence-corrected chi connectivity index (χ4v) is 3.03. The normalized spacial score (nSPS) is 15.2. The van der Waals surface area contributed by atoms with Crippen LogP contribution in [0.2, 0.25) is 0 Å². The third-order valence-electron chi connectivity index (χ3n) is 3.23. The van der Waals surface area contributed by atoms with Gasteiger partial charge in [-0.2, -0.15) is 11.3 Å². The van der Waals surface area contributed by atoms with E-state index in [-0.39, 0.29) is 0 Å². The topological polar surface area (TPSA) is 12.0 Å². The van der Waals surface area contributed by atoms with Crippen LogP contribution in [0.4, 0.5) is 0 Å². The predicted molar refractivity (Wildman–Crippen MR) is 68.8 cm³/mol. The molecule has 1 aliphatic rings. The number of rotatable bonds is 3. The minimum Gasteiger partial charge on any atom is -0.309 e. The molecule has 82 valence electrons. The fraction of sp³-hybridized carbons (Fsp3) is 0.286. The number of hydrogen-bond donors (Lipinski definition) is 1. The second-order valence-electron chi connectivity index (χ2n) is 4.39. The molecule has 1 aromatic carbocycles. The average molecular weight is 229 g/mol. The number of hydrogen-bond acceptors (Lipinski definition) is 2. The molecule has 2 aromatic rings. The van der Waals surface area contributed by atoms with Crippen LogP contribution in [0.15, 0.2) is 41.1 Å². The van der Waals surface area contributed by atoms with Gasteiger partial charge in [0, 0.05) is 12.6 Å². The third-order valence-corrected chi connectivity index (χ3v) is 3.96. The Morgan fingerprint density at radius 2 is 1.88 bits per heavy atom. The zero-order chi connectivity index (χ0) is 10.8. The molecular weight excluding hydrogens is 214 g/mol. The lowest BCUT2D eigenvalue weighted by molar-refractivity contribution is 0.533. The molecule has 1 aliphatic carbocycles. The van der Waals surface area contributed by atoms with Gasteiger partial charge in [-0.25, -0.2) is 0 Å². The highest BCUT2D eigenvalue weighted by atomic mass is 32.1. The highest BCUT2D eigenvalue weighted by Crippen LogP contribution is 2.21. The van der Waals surface area contributed by atoms with Gasteiger partial charge in [0.15, 0.2) is 0 Å². The Morgan fingerprint density at radius 1 is 1.12 bits per heavy atom. The molecule has 0 spiro atoms. The van der Waals surface area contributed by atoms with Crippen molar-refractivity contribution in [3.8, 4) is 0 Å². The van der Waals surface area contributed by atoms with Crippen molar-refractivity contribution < 1.29 is 0 Å². The van der Waals surface area contributed by atoms with Crippen molar-refractivity contribution in [2.75, 3.05) is 0 Å². The highest BCUT2D eigenvalue weighted by molar-refractivity contribution is 7.07. The summed E-state index contributed by atoms with van der Waals surface area (Å²) in [5.74, 6) is 0. The predicted octanol–water partition coefficient (Wildman–Crippen LogP) is 3.01. The van der Waals surface area contributed by atoms with Gasteiger partial charge >= 0.3 is 0 Å². The second kappa shape index (κ2) is 4.40. The molecule has 0 fully saturated rings. The first kappa shape index (κ1) is 10.1. The molecule has 0 bridgehead atoms. The Kier molecular flexibility index (Phi) is 2.77.